The lowest BCUT2D eigenvalue weighted by molar-refractivity contribution is -0.301. The second kappa shape index (κ2) is 24.3. The molecule has 6 rings (SSSR count). The molecule has 2 aliphatic heterocycles. The van der Waals surface area contributed by atoms with E-state index in [0.29, 0.717) is 6.54 Å². The summed E-state index contributed by atoms with van der Waals surface area (Å²) in [7, 11) is 0. The van der Waals surface area contributed by atoms with Crippen LogP contribution in [0.25, 0.3) is 0 Å². The molecule has 356 valence electrons. The Labute approximate surface area is 388 Å². The predicted octanol–water partition coefficient (Wildman–Crippen LogP) is 5.48. The first-order valence-electron chi connectivity index (χ1n) is 21.9. The zero-order valence-corrected chi connectivity index (χ0v) is 37.8. The molecule has 17 heteroatoms. The van der Waals surface area contributed by atoms with E-state index in [1.54, 1.807) is 105 Å². The van der Waals surface area contributed by atoms with Crippen molar-refractivity contribution in [1.29, 1.82) is 0 Å². The van der Waals surface area contributed by atoms with E-state index in [-0.39, 0.29) is 43.0 Å². The van der Waals surface area contributed by atoms with Crippen LogP contribution >= 0.6 is 0 Å². The summed E-state index contributed by atoms with van der Waals surface area (Å²) >= 11 is 0. The predicted molar refractivity (Wildman–Crippen MR) is 236 cm³/mol. The molecule has 4 aromatic rings. The third kappa shape index (κ3) is 14.2. The van der Waals surface area contributed by atoms with E-state index in [2.05, 4.69) is 0 Å². The molecule has 17 nitrogen and oxygen atoms in total. The zero-order chi connectivity index (χ0) is 47.9. The van der Waals surface area contributed by atoms with Gasteiger partial charge in [-0.3, -0.25) is 19.3 Å². The maximum Gasteiger partial charge on any atom is 0.338 e. The van der Waals surface area contributed by atoms with Crippen molar-refractivity contribution in [3.63, 3.8) is 0 Å². The van der Waals surface area contributed by atoms with Crippen molar-refractivity contribution in [2.45, 2.75) is 103 Å². The minimum absolute atomic E-state index is 0.00720. The van der Waals surface area contributed by atoms with Gasteiger partial charge in [0.05, 0.1) is 42.1 Å². The summed E-state index contributed by atoms with van der Waals surface area (Å²) < 4.78 is 59.7. The molecule has 2 saturated heterocycles. The highest BCUT2D eigenvalue weighted by Crippen LogP contribution is 2.32. The summed E-state index contributed by atoms with van der Waals surface area (Å²) in [5.74, 6) is -4.30. The summed E-state index contributed by atoms with van der Waals surface area (Å²) in [5.41, 5.74) is 1.60. The summed E-state index contributed by atoms with van der Waals surface area (Å²) in [6, 6.07) is 34.3. The van der Waals surface area contributed by atoms with Crippen LogP contribution in [0.1, 0.15) is 71.3 Å². The van der Waals surface area contributed by atoms with Gasteiger partial charge in [-0.25, -0.2) is 14.4 Å². The van der Waals surface area contributed by atoms with Crippen LogP contribution in [-0.4, -0.2) is 128 Å². The van der Waals surface area contributed by atoms with E-state index < -0.39 is 97.2 Å². The lowest BCUT2D eigenvalue weighted by Gasteiger charge is -2.44. The number of esters is 6. The van der Waals surface area contributed by atoms with Crippen molar-refractivity contribution in [3.8, 4) is 0 Å². The number of carbonyl (C=O) groups is 6. The van der Waals surface area contributed by atoms with Crippen molar-refractivity contribution in [1.82, 2.24) is 4.90 Å². The van der Waals surface area contributed by atoms with E-state index in [0.717, 1.165) is 5.56 Å². The Bertz CT molecular complexity index is 2250. The molecule has 2 aliphatic rings. The standard InChI is InChI=1S/C50H55NO16/c1-31-40(62-33(3)52)42(63-34(4)53)44(64-35(5)54)49(60-31)58-28-26-51(30-36-18-10-6-11-19-36)27-29-59-50-45(67-48(57)39-24-16-9-17-25-39)43(66-47(56)38-22-14-8-15-23-38)41(32(2)61-50)65-46(55)37-20-12-7-13-21-37/h6-25,31-32,40-45,49-50H,26-30H2,1-5H3/t31-,32-,40+,41+,42+,43+,44-,45-,49+,50+/m0/s1. The first-order chi connectivity index (χ1) is 32.3. The Balaban J connectivity index is 1.23. The largest absolute Gasteiger partial charge is 0.456 e. The molecule has 0 unspecified atom stereocenters. The molecule has 10 atom stereocenters. The van der Waals surface area contributed by atoms with Crippen LogP contribution in [0.4, 0.5) is 0 Å². The Kier molecular flexibility index (Phi) is 18.1. The van der Waals surface area contributed by atoms with E-state index in [4.69, 9.17) is 47.4 Å². The number of hydrogen-bond acceptors (Lipinski definition) is 17. The lowest BCUT2D eigenvalue weighted by Crippen LogP contribution is -2.61. The highest BCUT2D eigenvalue weighted by molar-refractivity contribution is 5.91. The number of rotatable bonds is 19. The number of hydrogen-bond donors (Lipinski definition) is 0. The normalized spacial score (nSPS) is 24.7. The molecule has 0 amide bonds. The van der Waals surface area contributed by atoms with Gasteiger partial charge in [-0.05, 0) is 55.8 Å². The van der Waals surface area contributed by atoms with Crippen LogP contribution in [0, 0.1) is 0 Å². The molecule has 0 aliphatic carbocycles. The smallest absolute Gasteiger partial charge is 0.338 e. The molecule has 0 bridgehead atoms. The SMILES string of the molecule is CC(=O)O[C@H]1[C@H](OC(C)=O)[C@H](OCCN(CCO[C@@H]2O[C@@H](C)[C@@H](OC(=O)c3ccccc3)[C@@H](OC(=O)c3ccccc3)[C@@H]2OC(=O)c2ccccc2)Cc2ccccc2)O[C@@H](C)[C@H]1OC(C)=O. The number of carbonyl (C=O) groups excluding carboxylic acids is 6. The average molecular weight is 926 g/mol. The Morgan fingerprint density at radius 2 is 0.746 bits per heavy atom. The molecular weight excluding hydrogens is 871 g/mol. The Hall–Kier alpha value is -6.50. The monoisotopic (exact) mass is 925 g/mol. The molecule has 0 radical (unpaired) electrons. The van der Waals surface area contributed by atoms with Crippen molar-refractivity contribution < 1.29 is 76.1 Å². The van der Waals surface area contributed by atoms with Gasteiger partial charge in [-0.2, -0.15) is 0 Å². The maximum atomic E-state index is 13.8. The molecule has 0 aromatic heterocycles. The van der Waals surface area contributed by atoms with E-state index in [1.165, 1.54) is 20.8 Å². The minimum Gasteiger partial charge on any atom is -0.456 e. The minimum atomic E-state index is -1.44. The van der Waals surface area contributed by atoms with Crippen molar-refractivity contribution in [2.75, 3.05) is 26.3 Å². The number of ether oxygens (including phenoxy) is 10. The van der Waals surface area contributed by atoms with Gasteiger partial charge in [-0.1, -0.05) is 84.9 Å². The first kappa shape index (κ1) is 49.9. The first-order valence-corrected chi connectivity index (χ1v) is 21.9. The topological polar surface area (TPSA) is 198 Å². The molecule has 4 aromatic carbocycles. The summed E-state index contributed by atoms with van der Waals surface area (Å²) in [5, 5.41) is 0. The van der Waals surface area contributed by atoms with Crippen molar-refractivity contribution in [2.24, 2.45) is 0 Å². The number of nitrogens with zero attached hydrogens (tertiary/aromatic N) is 1. The van der Waals surface area contributed by atoms with Crippen molar-refractivity contribution in [3.05, 3.63) is 144 Å². The molecular formula is C50H55NO16. The van der Waals surface area contributed by atoms with Gasteiger partial charge in [0, 0.05) is 40.4 Å². The average Bonchev–Trinajstić information content (AvgIpc) is 3.31. The molecule has 2 heterocycles. The molecule has 67 heavy (non-hydrogen) atoms. The van der Waals surface area contributed by atoms with Gasteiger partial charge in [0.15, 0.2) is 49.2 Å². The second-order valence-electron chi connectivity index (χ2n) is 15.9. The molecule has 0 saturated carbocycles. The van der Waals surface area contributed by atoms with Crippen molar-refractivity contribution >= 4 is 35.8 Å². The van der Waals surface area contributed by atoms with Gasteiger partial charge >= 0.3 is 35.8 Å². The van der Waals surface area contributed by atoms with Crippen LogP contribution in [0.3, 0.4) is 0 Å². The van der Waals surface area contributed by atoms with Gasteiger partial charge < -0.3 is 47.4 Å². The van der Waals surface area contributed by atoms with E-state index >= 15 is 0 Å². The molecule has 2 fully saturated rings. The zero-order valence-electron chi connectivity index (χ0n) is 37.8. The molecule has 0 N–H and O–H groups in total. The van der Waals surface area contributed by atoms with E-state index in [9.17, 15) is 28.8 Å². The summed E-state index contributed by atoms with van der Waals surface area (Å²) in [6.07, 6.45) is -12.0. The Morgan fingerprint density at radius 1 is 0.433 bits per heavy atom. The second-order valence-corrected chi connectivity index (χ2v) is 15.9. The molecule has 0 spiro atoms. The fourth-order valence-electron chi connectivity index (χ4n) is 7.64. The summed E-state index contributed by atoms with van der Waals surface area (Å²) in [4.78, 5) is 79.5. The fourth-order valence-corrected chi connectivity index (χ4v) is 7.64. The quantitative estimate of drug-likeness (QED) is 0.0845. The number of benzene rings is 4. The van der Waals surface area contributed by atoms with Gasteiger partial charge in [-0.15, -0.1) is 0 Å². The van der Waals surface area contributed by atoms with Gasteiger partial charge in [0.2, 0.25) is 0 Å². The fraction of sp³-hybridized carbons (Fsp3) is 0.400. The highest BCUT2D eigenvalue weighted by atomic mass is 16.7. The third-order valence-corrected chi connectivity index (χ3v) is 10.7. The maximum absolute atomic E-state index is 13.8. The van der Waals surface area contributed by atoms with Crippen LogP contribution in [0.2, 0.25) is 0 Å². The highest BCUT2D eigenvalue weighted by Gasteiger charge is 2.53. The third-order valence-electron chi connectivity index (χ3n) is 10.7. The van der Waals surface area contributed by atoms with Crippen LogP contribution < -0.4 is 0 Å². The van der Waals surface area contributed by atoms with Crippen LogP contribution in [0.5, 0.6) is 0 Å². The summed E-state index contributed by atoms with van der Waals surface area (Å²) in [6.45, 7) is 7.70. The van der Waals surface area contributed by atoms with Gasteiger partial charge in [0.25, 0.3) is 0 Å². The van der Waals surface area contributed by atoms with Crippen LogP contribution in [-0.2, 0) is 68.3 Å². The Morgan fingerprint density at radius 3 is 1.16 bits per heavy atom. The lowest BCUT2D eigenvalue weighted by atomic mass is 9.98. The van der Waals surface area contributed by atoms with E-state index in [1.807, 2.05) is 35.2 Å². The van der Waals surface area contributed by atoms with Crippen LogP contribution in [0.15, 0.2) is 121 Å². The van der Waals surface area contributed by atoms with Gasteiger partial charge in [0.1, 0.15) is 0 Å².